The van der Waals surface area contributed by atoms with Crippen molar-refractivity contribution in [2.24, 2.45) is 0 Å². The highest BCUT2D eigenvalue weighted by Gasteiger charge is 2.29. The topological polar surface area (TPSA) is 127 Å². The molecule has 1 amide bonds. The molecule has 168 valence electrons. The molecule has 0 spiro atoms. The number of nitrogen functional groups attached to an aromatic ring is 1. The third-order valence-corrected chi connectivity index (χ3v) is 6.52. The third-order valence-electron chi connectivity index (χ3n) is 4.99. The van der Waals surface area contributed by atoms with Gasteiger partial charge < -0.3 is 11.1 Å². The maximum absolute atomic E-state index is 14.9. The summed E-state index contributed by atoms with van der Waals surface area (Å²) in [6.45, 7) is 0.525. The number of aromatic nitrogens is 2. The van der Waals surface area contributed by atoms with Gasteiger partial charge in [0.25, 0.3) is 0 Å². The van der Waals surface area contributed by atoms with Crippen molar-refractivity contribution in [2.45, 2.75) is 23.8 Å². The molecule has 3 aromatic rings. The number of nitrogens with zero attached hydrogens (tertiary/aromatic N) is 2. The van der Waals surface area contributed by atoms with Crippen LogP contribution >= 0.6 is 13.5 Å². The zero-order valence-corrected chi connectivity index (χ0v) is 18.7. The number of sulfonamides is 1. The summed E-state index contributed by atoms with van der Waals surface area (Å²) in [6, 6.07) is 9.79. The number of rotatable bonds is 5. The van der Waals surface area contributed by atoms with Gasteiger partial charge >= 0.3 is 0 Å². The monoisotopic (exact) mass is 475 g/mol. The molecule has 0 aliphatic carbocycles. The highest BCUT2D eigenvalue weighted by Crippen LogP contribution is 2.31. The normalized spacial score (nSPS) is 16.2. The summed E-state index contributed by atoms with van der Waals surface area (Å²) >= 11 is 0. The summed E-state index contributed by atoms with van der Waals surface area (Å²) < 4.78 is 43.4. The molecule has 2 aromatic carbocycles. The number of nitrogens with one attached hydrogen (secondary N) is 2. The van der Waals surface area contributed by atoms with Crippen LogP contribution in [0.3, 0.4) is 0 Å². The first-order valence-corrected chi connectivity index (χ1v) is 11.1. The third kappa shape index (κ3) is 4.90. The van der Waals surface area contributed by atoms with E-state index >= 15 is 0 Å². The maximum Gasteiger partial charge on any atom is 0.241 e. The molecule has 8 nitrogen and oxygen atoms in total. The largest absolute Gasteiger partial charge is 0.382 e. The van der Waals surface area contributed by atoms with Crippen LogP contribution in [0.25, 0.3) is 22.4 Å². The van der Waals surface area contributed by atoms with E-state index in [4.69, 9.17) is 5.73 Å². The average Bonchev–Trinajstić information content (AvgIpc) is 2.76. The van der Waals surface area contributed by atoms with E-state index in [1.807, 2.05) is 0 Å². The number of hydrogen-bond donors (Lipinski definition) is 3. The fraction of sp³-hybridized carbons (Fsp3) is 0.190. The molecule has 0 saturated carbocycles. The number of carbonyl (C=O) groups is 1. The van der Waals surface area contributed by atoms with Crippen LogP contribution < -0.4 is 15.8 Å². The lowest BCUT2D eigenvalue weighted by atomic mass is 10.0. The Morgan fingerprint density at radius 1 is 1.09 bits per heavy atom. The molecule has 32 heavy (non-hydrogen) atoms. The van der Waals surface area contributed by atoms with Gasteiger partial charge in [0.1, 0.15) is 17.7 Å². The Hall–Kier alpha value is -3.02. The minimum atomic E-state index is -4.02. The second-order valence-corrected chi connectivity index (χ2v) is 8.81. The highest BCUT2D eigenvalue weighted by atomic mass is 32.2. The van der Waals surface area contributed by atoms with Crippen LogP contribution in [-0.2, 0) is 14.8 Å². The van der Waals surface area contributed by atoms with Gasteiger partial charge in [0.05, 0.1) is 23.0 Å². The Morgan fingerprint density at radius 3 is 2.56 bits per heavy atom. The van der Waals surface area contributed by atoms with E-state index < -0.39 is 21.9 Å². The van der Waals surface area contributed by atoms with E-state index in [0.717, 1.165) is 0 Å². The van der Waals surface area contributed by atoms with Gasteiger partial charge in [-0.25, -0.2) is 17.8 Å². The summed E-state index contributed by atoms with van der Waals surface area (Å²) in [6.07, 6.45) is 3.79. The van der Waals surface area contributed by atoms with Crippen molar-refractivity contribution in [1.29, 1.82) is 0 Å². The van der Waals surface area contributed by atoms with Gasteiger partial charge in [-0.2, -0.15) is 18.2 Å². The molecule has 0 unspecified atom stereocenters. The van der Waals surface area contributed by atoms with E-state index in [1.165, 1.54) is 30.6 Å². The molecule has 1 saturated heterocycles. The first kappa shape index (κ1) is 23.6. The van der Waals surface area contributed by atoms with E-state index in [2.05, 4.69) is 20.0 Å². The number of hydrogen-bond acceptors (Lipinski definition) is 6. The Kier molecular flexibility index (Phi) is 7.12. The maximum atomic E-state index is 14.9. The van der Waals surface area contributed by atoms with Crippen LogP contribution in [0.15, 0.2) is 59.8 Å². The predicted molar refractivity (Wildman–Crippen MR) is 124 cm³/mol. The van der Waals surface area contributed by atoms with Crippen molar-refractivity contribution >= 4 is 35.2 Å². The van der Waals surface area contributed by atoms with E-state index in [1.54, 1.807) is 24.3 Å². The van der Waals surface area contributed by atoms with Gasteiger partial charge in [0.2, 0.25) is 15.9 Å². The lowest BCUT2D eigenvalue weighted by Gasteiger charge is -2.23. The van der Waals surface area contributed by atoms with Crippen LogP contribution in [0.1, 0.15) is 12.8 Å². The second-order valence-electron chi connectivity index (χ2n) is 7.12. The lowest BCUT2D eigenvalue weighted by molar-refractivity contribution is -0.124. The molecular formula is C21H22FN5O3S2. The number of piperidine rings is 1. The van der Waals surface area contributed by atoms with Gasteiger partial charge in [0, 0.05) is 17.7 Å². The lowest BCUT2D eigenvalue weighted by Crippen LogP contribution is -2.50. The van der Waals surface area contributed by atoms with Crippen LogP contribution in [0.2, 0.25) is 0 Å². The summed E-state index contributed by atoms with van der Waals surface area (Å²) in [5, 5.41) is 2.65. The van der Waals surface area contributed by atoms with Gasteiger partial charge in [-0.1, -0.05) is 24.3 Å². The van der Waals surface area contributed by atoms with Gasteiger partial charge in [0.15, 0.2) is 0 Å². The minimum Gasteiger partial charge on any atom is -0.382 e. The summed E-state index contributed by atoms with van der Waals surface area (Å²) in [5.41, 5.74) is 6.74. The second kappa shape index (κ2) is 9.63. The van der Waals surface area contributed by atoms with Crippen LogP contribution in [0, 0.1) is 5.82 Å². The van der Waals surface area contributed by atoms with E-state index in [9.17, 15) is 17.6 Å². The van der Waals surface area contributed by atoms with Crippen molar-refractivity contribution in [3.8, 4) is 22.4 Å². The van der Waals surface area contributed by atoms with Crippen molar-refractivity contribution in [3.05, 3.63) is 60.7 Å². The SMILES string of the molecule is Nc1cnc(-c2ccc(-c3ccccc3S(=O)(=O)N[C@H]3CCCNC3=O)cc2F)cn1.S. The molecular weight excluding hydrogens is 453 g/mol. The summed E-state index contributed by atoms with van der Waals surface area (Å²) in [7, 11) is -4.02. The molecule has 1 aliphatic rings. The number of anilines is 1. The van der Waals surface area contributed by atoms with Crippen LogP contribution in [0.4, 0.5) is 10.2 Å². The molecule has 11 heteroatoms. The first-order chi connectivity index (χ1) is 14.8. The standard InChI is InChI=1S/C21H20FN5O3S.H2S/c22-16-10-13(7-8-15(16)18-11-26-20(23)12-25-18)14-4-1-2-6-19(14)31(29,30)27-17-5-3-9-24-21(17)28;/h1-2,4,6-8,10-12,17,27H,3,5,9H2,(H2,23,26)(H,24,28);1H2/t17-;/m0./s1. The molecule has 1 aromatic heterocycles. The van der Waals surface area contributed by atoms with Crippen molar-refractivity contribution in [1.82, 2.24) is 20.0 Å². The molecule has 0 bridgehead atoms. The number of amides is 1. The average molecular weight is 476 g/mol. The first-order valence-electron chi connectivity index (χ1n) is 9.62. The Labute approximate surface area is 192 Å². The number of halogens is 1. The summed E-state index contributed by atoms with van der Waals surface area (Å²) in [5.74, 6) is -0.713. The van der Waals surface area contributed by atoms with E-state index in [-0.39, 0.29) is 35.7 Å². The van der Waals surface area contributed by atoms with Gasteiger partial charge in [-0.15, -0.1) is 0 Å². The number of benzene rings is 2. The molecule has 0 radical (unpaired) electrons. The highest BCUT2D eigenvalue weighted by molar-refractivity contribution is 7.89. The quantitative estimate of drug-likeness (QED) is 0.519. The van der Waals surface area contributed by atoms with Gasteiger partial charge in [-0.3, -0.25) is 9.78 Å². The molecule has 1 fully saturated rings. The Balaban J connectivity index is 0.00000289. The number of carbonyl (C=O) groups excluding carboxylic acids is 1. The minimum absolute atomic E-state index is 0. The zero-order valence-electron chi connectivity index (χ0n) is 16.9. The number of nitrogens with two attached hydrogens (primary N) is 1. The Morgan fingerprint density at radius 2 is 1.88 bits per heavy atom. The molecule has 2 heterocycles. The van der Waals surface area contributed by atoms with Crippen molar-refractivity contribution < 1.29 is 17.6 Å². The molecule has 1 atom stereocenters. The van der Waals surface area contributed by atoms with Crippen LogP contribution in [-0.4, -0.2) is 36.9 Å². The molecule has 1 aliphatic heterocycles. The predicted octanol–water partition coefficient (Wildman–Crippen LogP) is 2.20. The Bertz CT molecular complexity index is 1240. The van der Waals surface area contributed by atoms with Crippen molar-refractivity contribution in [3.63, 3.8) is 0 Å². The van der Waals surface area contributed by atoms with E-state index in [0.29, 0.717) is 36.2 Å². The fourth-order valence-electron chi connectivity index (χ4n) is 3.44. The molecule has 4 N–H and O–H groups in total. The summed E-state index contributed by atoms with van der Waals surface area (Å²) in [4.78, 5) is 19.9. The zero-order chi connectivity index (χ0) is 22.0. The van der Waals surface area contributed by atoms with Crippen LogP contribution in [0.5, 0.6) is 0 Å². The van der Waals surface area contributed by atoms with Crippen molar-refractivity contribution in [2.75, 3.05) is 12.3 Å². The fourth-order valence-corrected chi connectivity index (χ4v) is 4.90. The smallest absolute Gasteiger partial charge is 0.241 e. The van der Waals surface area contributed by atoms with Gasteiger partial charge in [-0.05, 0) is 36.6 Å². The molecule has 4 rings (SSSR count).